The lowest BCUT2D eigenvalue weighted by Gasteiger charge is -2.37. The van der Waals surface area contributed by atoms with Gasteiger partial charge in [-0.2, -0.15) is 5.26 Å². The van der Waals surface area contributed by atoms with Gasteiger partial charge in [0.2, 0.25) is 17.5 Å². The normalized spacial score (nSPS) is 17.8. The zero-order chi connectivity index (χ0) is 23.7. The third kappa shape index (κ3) is 4.33. The number of piperidine rings is 1. The molecule has 178 valence electrons. The number of amides is 1. The lowest BCUT2D eigenvalue weighted by molar-refractivity contribution is -0.133. The Bertz CT molecular complexity index is 1210. The Balaban J connectivity index is 1.13. The predicted molar refractivity (Wildman–Crippen MR) is 128 cm³/mol. The van der Waals surface area contributed by atoms with Crippen molar-refractivity contribution in [2.45, 2.75) is 25.7 Å². The van der Waals surface area contributed by atoms with E-state index in [4.69, 9.17) is 9.15 Å². The van der Waals surface area contributed by atoms with Gasteiger partial charge in [0.05, 0.1) is 13.7 Å². The first-order valence-corrected chi connectivity index (χ1v) is 11.8. The van der Waals surface area contributed by atoms with E-state index in [0.717, 1.165) is 37.2 Å². The Morgan fingerprint density at radius 3 is 2.71 bits per heavy atom. The maximum atomic E-state index is 13.0. The summed E-state index contributed by atoms with van der Waals surface area (Å²) in [5, 5.41) is 10.5. The summed E-state index contributed by atoms with van der Waals surface area (Å²) in [4.78, 5) is 26.7. The maximum Gasteiger partial charge on any atom is 0.236 e. The van der Waals surface area contributed by atoms with E-state index < -0.39 is 0 Å². The highest BCUT2D eigenvalue weighted by molar-refractivity contribution is 5.85. The highest BCUT2D eigenvalue weighted by Crippen LogP contribution is 2.34. The molecule has 4 heterocycles. The molecule has 1 aromatic carbocycles. The van der Waals surface area contributed by atoms with Crippen LogP contribution in [0.25, 0.3) is 10.9 Å². The standard InChI is InChI=1S/C25H30N6O3/c1-17-28-23(14-26)25(34-17)31-11-9-30(10-12-31)24(32)16-29-7-5-18(6-8-29)21-15-27-22-4-3-19(33-2)13-20(21)22/h3-4,13,15,18,27H,5-12,16H2,1-2H3. The Morgan fingerprint density at radius 1 is 1.24 bits per heavy atom. The van der Waals surface area contributed by atoms with E-state index in [1.807, 2.05) is 15.9 Å². The fraction of sp³-hybridized carbons (Fsp3) is 0.480. The van der Waals surface area contributed by atoms with Crippen molar-refractivity contribution in [2.75, 3.05) is 57.8 Å². The van der Waals surface area contributed by atoms with Crippen LogP contribution in [0, 0.1) is 18.3 Å². The second-order valence-electron chi connectivity index (χ2n) is 9.07. The number of piperazine rings is 1. The SMILES string of the molecule is COc1ccc2[nH]cc(C3CCN(CC(=O)N4CCN(c5oc(C)nc5C#N)CC4)CC3)c2c1. The van der Waals surface area contributed by atoms with Gasteiger partial charge >= 0.3 is 0 Å². The average Bonchev–Trinajstić information content (AvgIpc) is 3.47. The number of carbonyl (C=O) groups excluding carboxylic acids is 1. The number of ether oxygens (including phenoxy) is 1. The van der Waals surface area contributed by atoms with E-state index in [1.54, 1.807) is 14.0 Å². The molecule has 0 bridgehead atoms. The number of benzene rings is 1. The van der Waals surface area contributed by atoms with Gasteiger partial charge in [0.1, 0.15) is 11.8 Å². The number of aryl methyl sites for hydroxylation is 1. The van der Waals surface area contributed by atoms with Gasteiger partial charge in [-0.3, -0.25) is 9.69 Å². The first kappa shape index (κ1) is 22.3. The molecule has 1 N–H and O–H groups in total. The third-order valence-electron chi connectivity index (χ3n) is 7.05. The smallest absolute Gasteiger partial charge is 0.236 e. The Morgan fingerprint density at radius 2 is 2.00 bits per heavy atom. The van der Waals surface area contributed by atoms with Gasteiger partial charge in [0.15, 0.2) is 5.89 Å². The van der Waals surface area contributed by atoms with Crippen LogP contribution >= 0.6 is 0 Å². The van der Waals surface area contributed by atoms with E-state index in [-0.39, 0.29) is 5.91 Å². The number of hydrogen-bond donors (Lipinski definition) is 1. The minimum atomic E-state index is 0.171. The van der Waals surface area contributed by atoms with Crippen LogP contribution in [-0.4, -0.2) is 78.6 Å². The molecule has 0 radical (unpaired) electrons. The monoisotopic (exact) mass is 462 g/mol. The van der Waals surface area contributed by atoms with Crippen molar-refractivity contribution in [3.8, 4) is 11.8 Å². The van der Waals surface area contributed by atoms with Crippen molar-refractivity contribution in [2.24, 2.45) is 0 Å². The van der Waals surface area contributed by atoms with Gasteiger partial charge in [0, 0.05) is 50.2 Å². The molecule has 2 aliphatic rings. The minimum Gasteiger partial charge on any atom is -0.497 e. The number of carbonyl (C=O) groups is 1. The molecule has 2 aromatic heterocycles. The zero-order valence-corrected chi connectivity index (χ0v) is 19.7. The lowest BCUT2D eigenvalue weighted by Crippen LogP contribution is -2.52. The molecule has 0 aliphatic carbocycles. The Kier molecular flexibility index (Phi) is 6.16. The highest BCUT2D eigenvalue weighted by Gasteiger charge is 2.28. The van der Waals surface area contributed by atoms with Crippen LogP contribution in [0.2, 0.25) is 0 Å². The number of likely N-dealkylation sites (tertiary alicyclic amines) is 1. The number of fused-ring (bicyclic) bond motifs is 1. The van der Waals surface area contributed by atoms with Crippen LogP contribution in [0.5, 0.6) is 5.75 Å². The number of oxazole rings is 1. The quantitative estimate of drug-likeness (QED) is 0.622. The summed E-state index contributed by atoms with van der Waals surface area (Å²) >= 11 is 0. The highest BCUT2D eigenvalue weighted by atomic mass is 16.5. The molecule has 3 aromatic rings. The third-order valence-corrected chi connectivity index (χ3v) is 7.05. The molecule has 9 heteroatoms. The number of nitriles is 1. The van der Waals surface area contributed by atoms with E-state index in [1.165, 1.54) is 10.9 Å². The second kappa shape index (κ2) is 9.39. The summed E-state index contributed by atoms with van der Waals surface area (Å²) < 4.78 is 11.0. The summed E-state index contributed by atoms with van der Waals surface area (Å²) in [6.07, 6.45) is 4.20. The topological polar surface area (TPSA) is 102 Å². The fourth-order valence-corrected chi connectivity index (χ4v) is 5.14. The number of nitrogens with one attached hydrogen (secondary N) is 1. The number of nitrogens with zero attached hydrogens (tertiary/aromatic N) is 5. The molecule has 0 spiro atoms. The molecular formula is C25H30N6O3. The van der Waals surface area contributed by atoms with Crippen LogP contribution in [0.3, 0.4) is 0 Å². The summed E-state index contributed by atoms with van der Waals surface area (Å²) in [6, 6.07) is 8.24. The first-order valence-electron chi connectivity index (χ1n) is 11.8. The first-order chi connectivity index (χ1) is 16.6. The molecule has 1 amide bonds. The van der Waals surface area contributed by atoms with Gasteiger partial charge < -0.3 is 23.9 Å². The summed E-state index contributed by atoms with van der Waals surface area (Å²) in [5.41, 5.74) is 2.79. The summed E-state index contributed by atoms with van der Waals surface area (Å²) in [6.45, 7) is 6.55. The summed E-state index contributed by atoms with van der Waals surface area (Å²) in [5.74, 6) is 2.53. The number of rotatable bonds is 5. The van der Waals surface area contributed by atoms with Crippen molar-refractivity contribution in [1.82, 2.24) is 19.8 Å². The van der Waals surface area contributed by atoms with Gasteiger partial charge in [-0.1, -0.05) is 0 Å². The second-order valence-corrected chi connectivity index (χ2v) is 9.07. The van der Waals surface area contributed by atoms with Gasteiger partial charge in [0.25, 0.3) is 0 Å². The number of methoxy groups -OCH3 is 1. The number of aromatic amines is 1. The number of aromatic nitrogens is 2. The molecule has 0 saturated carbocycles. The fourth-order valence-electron chi connectivity index (χ4n) is 5.14. The van der Waals surface area contributed by atoms with Crippen molar-refractivity contribution >= 4 is 22.7 Å². The van der Waals surface area contributed by atoms with Crippen molar-refractivity contribution in [3.63, 3.8) is 0 Å². The molecule has 2 fully saturated rings. The van der Waals surface area contributed by atoms with Crippen LogP contribution in [0.4, 0.5) is 5.88 Å². The molecule has 34 heavy (non-hydrogen) atoms. The molecule has 2 aliphatic heterocycles. The lowest BCUT2D eigenvalue weighted by atomic mass is 9.89. The average molecular weight is 463 g/mol. The molecular weight excluding hydrogens is 432 g/mol. The van der Waals surface area contributed by atoms with Crippen LogP contribution in [0.15, 0.2) is 28.8 Å². The summed E-state index contributed by atoms with van der Waals surface area (Å²) in [7, 11) is 1.70. The van der Waals surface area contributed by atoms with E-state index in [0.29, 0.717) is 56.1 Å². The maximum absolute atomic E-state index is 13.0. The van der Waals surface area contributed by atoms with Crippen LogP contribution in [-0.2, 0) is 4.79 Å². The molecule has 2 saturated heterocycles. The largest absolute Gasteiger partial charge is 0.497 e. The van der Waals surface area contributed by atoms with Crippen LogP contribution in [0.1, 0.15) is 35.9 Å². The van der Waals surface area contributed by atoms with Gasteiger partial charge in [-0.15, -0.1) is 0 Å². The number of hydrogen-bond acceptors (Lipinski definition) is 7. The molecule has 5 rings (SSSR count). The van der Waals surface area contributed by atoms with E-state index >= 15 is 0 Å². The van der Waals surface area contributed by atoms with Crippen molar-refractivity contribution < 1.29 is 13.9 Å². The molecule has 0 atom stereocenters. The predicted octanol–water partition coefficient (Wildman–Crippen LogP) is 2.87. The minimum absolute atomic E-state index is 0.171. The van der Waals surface area contributed by atoms with Gasteiger partial charge in [-0.05, 0) is 55.6 Å². The molecule has 9 nitrogen and oxygen atoms in total. The number of H-pyrrole nitrogens is 1. The Labute approximate surface area is 198 Å². The molecule has 0 unspecified atom stereocenters. The van der Waals surface area contributed by atoms with E-state index in [2.05, 4.69) is 39.3 Å². The van der Waals surface area contributed by atoms with Crippen molar-refractivity contribution in [3.05, 3.63) is 41.5 Å². The van der Waals surface area contributed by atoms with Crippen LogP contribution < -0.4 is 9.64 Å². The van der Waals surface area contributed by atoms with Crippen molar-refractivity contribution in [1.29, 1.82) is 5.26 Å². The zero-order valence-electron chi connectivity index (χ0n) is 19.7. The van der Waals surface area contributed by atoms with Gasteiger partial charge in [-0.25, -0.2) is 4.98 Å². The van der Waals surface area contributed by atoms with E-state index in [9.17, 15) is 10.1 Å². The Hall–Kier alpha value is -3.51. The number of anilines is 1.